The topological polar surface area (TPSA) is 88.6 Å². The number of piperidine rings is 1. The van der Waals surface area contributed by atoms with Crippen molar-refractivity contribution in [1.29, 1.82) is 0 Å². The first-order chi connectivity index (χ1) is 14.5. The van der Waals surface area contributed by atoms with Crippen LogP contribution in [0.15, 0.2) is 57.4 Å². The summed E-state index contributed by atoms with van der Waals surface area (Å²) in [4.78, 5) is 26.2. The monoisotopic (exact) mass is 469 g/mol. The molecule has 2 amide bonds. The summed E-state index contributed by atoms with van der Waals surface area (Å²) in [5.74, 6) is -0.150. The van der Waals surface area contributed by atoms with Gasteiger partial charge in [0.1, 0.15) is 5.58 Å². The molecule has 3 N–H and O–H groups in total. The Kier molecular flexibility index (Phi) is 6.20. The molecule has 2 aromatic carbocycles. The van der Waals surface area contributed by atoms with Crippen LogP contribution in [0, 0.1) is 5.92 Å². The number of para-hydroxylation sites is 1. The number of anilines is 1. The van der Waals surface area contributed by atoms with Gasteiger partial charge in [-0.05, 0) is 78.1 Å². The molecule has 1 saturated heterocycles. The second kappa shape index (κ2) is 9.02. The summed E-state index contributed by atoms with van der Waals surface area (Å²) in [6, 6.07) is 15.3. The van der Waals surface area contributed by atoms with Crippen molar-refractivity contribution >= 4 is 44.4 Å². The number of nitrogens with zero attached hydrogens (tertiary/aromatic N) is 1. The molecular weight excluding hydrogens is 446 g/mol. The van der Waals surface area contributed by atoms with Crippen molar-refractivity contribution < 1.29 is 14.0 Å². The molecule has 30 heavy (non-hydrogen) atoms. The van der Waals surface area contributed by atoms with E-state index in [1.807, 2.05) is 42.5 Å². The molecule has 0 atom stereocenters. The van der Waals surface area contributed by atoms with Gasteiger partial charge in [0.2, 0.25) is 5.91 Å². The van der Waals surface area contributed by atoms with Crippen molar-refractivity contribution in [2.45, 2.75) is 19.3 Å². The number of rotatable bonds is 6. The van der Waals surface area contributed by atoms with E-state index < -0.39 is 0 Å². The van der Waals surface area contributed by atoms with Crippen molar-refractivity contribution in [3.05, 3.63) is 64.3 Å². The molecular formula is C23H24BrN3O3. The standard InChI is InChI=1S/C23H24BrN3O3/c24-19-3-1-2-17-14-20(30-21(17)19)23(29)26-18-6-4-15(5-7-18)8-11-27-12-9-16(10-13-27)22(25)28/h1-7,14,16H,8-13H2,(H2,25,28)(H,26,29). The Morgan fingerprint density at radius 3 is 2.53 bits per heavy atom. The highest BCUT2D eigenvalue weighted by atomic mass is 79.9. The highest BCUT2D eigenvalue weighted by Crippen LogP contribution is 2.27. The minimum Gasteiger partial charge on any atom is -0.450 e. The molecule has 4 rings (SSSR count). The Hall–Kier alpha value is -2.64. The molecule has 6 nitrogen and oxygen atoms in total. The van der Waals surface area contributed by atoms with Crippen LogP contribution in [0.5, 0.6) is 0 Å². The summed E-state index contributed by atoms with van der Waals surface area (Å²) >= 11 is 3.44. The van der Waals surface area contributed by atoms with Gasteiger partial charge in [-0.15, -0.1) is 0 Å². The largest absolute Gasteiger partial charge is 0.450 e. The summed E-state index contributed by atoms with van der Waals surface area (Å²) in [5.41, 5.74) is 7.99. The zero-order valence-electron chi connectivity index (χ0n) is 16.6. The van der Waals surface area contributed by atoms with Crippen LogP contribution >= 0.6 is 15.9 Å². The lowest BCUT2D eigenvalue weighted by Gasteiger charge is -2.30. The number of nitrogens with two attached hydrogens (primary N) is 1. The number of furan rings is 1. The summed E-state index contributed by atoms with van der Waals surface area (Å²) in [7, 11) is 0. The van der Waals surface area contributed by atoms with Crippen LogP contribution in [0.2, 0.25) is 0 Å². The maximum Gasteiger partial charge on any atom is 0.291 e. The van der Waals surface area contributed by atoms with E-state index in [9.17, 15) is 9.59 Å². The third-order valence-electron chi connectivity index (χ3n) is 5.64. The number of primary amides is 1. The number of carbonyl (C=O) groups excluding carboxylic acids is 2. The normalized spacial score (nSPS) is 15.4. The number of halogens is 1. The van der Waals surface area contributed by atoms with Crippen LogP contribution in [0.1, 0.15) is 29.0 Å². The van der Waals surface area contributed by atoms with Crippen LogP contribution < -0.4 is 11.1 Å². The van der Waals surface area contributed by atoms with Gasteiger partial charge in [-0.25, -0.2) is 0 Å². The molecule has 7 heteroatoms. The average molecular weight is 470 g/mol. The number of fused-ring (bicyclic) bond motifs is 1. The molecule has 2 heterocycles. The Bertz CT molecular complexity index is 1050. The molecule has 1 aliphatic rings. The SMILES string of the molecule is NC(=O)C1CCN(CCc2ccc(NC(=O)c3cc4cccc(Br)c4o3)cc2)CC1. The fourth-order valence-electron chi connectivity index (χ4n) is 3.82. The molecule has 0 aliphatic carbocycles. The third kappa shape index (κ3) is 4.74. The number of carbonyl (C=O) groups is 2. The van der Waals surface area contributed by atoms with Crippen LogP contribution in [-0.4, -0.2) is 36.3 Å². The van der Waals surface area contributed by atoms with E-state index in [1.165, 1.54) is 5.56 Å². The molecule has 1 aliphatic heterocycles. The summed E-state index contributed by atoms with van der Waals surface area (Å²) < 4.78 is 6.51. The van der Waals surface area contributed by atoms with Gasteiger partial charge >= 0.3 is 0 Å². The third-order valence-corrected chi connectivity index (χ3v) is 6.26. The molecule has 156 valence electrons. The lowest BCUT2D eigenvalue weighted by atomic mass is 9.96. The van der Waals surface area contributed by atoms with Gasteiger partial charge in [-0.1, -0.05) is 24.3 Å². The van der Waals surface area contributed by atoms with Crippen molar-refractivity contribution in [2.24, 2.45) is 11.7 Å². The van der Waals surface area contributed by atoms with Gasteiger partial charge in [-0.3, -0.25) is 9.59 Å². The molecule has 0 radical (unpaired) electrons. The van der Waals surface area contributed by atoms with E-state index in [0.29, 0.717) is 5.58 Å². The first-order valence-electron chi connectivity index (χ1n) is 10.1. The lowest BCUT2D eigenvalue weighted by Crippen LogP contribution is -2.39. The van der Waals surface area contributed by atoms with Crippen molar-refractivity contribution in [1.82, 2.24) is 4.90 Å². The van der Waals surface area contributed by atoms with Gasteiger partial charge in [0, 0.05) is 23.5 Å². The summed E-state index contributed by atoms with van der Waals surface area (Å²) in [5, 5.41) is 3.76. The number of hydrogen-bond acceptors (Lipinski definition) is 4. The Labute approximate surface area is 183 Å². The lowest BCUT2D eigenvalue weighted by molar-refractivity contribution is -0.123. The summed E-state index contributed by atoms with van der Waals surface area (Å²) in [6.45, 7) is 2.77. The van der Waals surface area contributed by atoms with E-state index in [4.69, 9.17) is 10.2 Å². The van der Waals surface area contributed by atoms with Gasteiger partial charge in [0.05, 0.1) is 4.47 Å². The van der Waals surface area contributed by atoms with Crippen LogP contribution in [0.4, 0.5) is 5.69 Å². The van der Waals surface area contributed by atoms with E-state index in [0.717, 1.165) is 54.4 Å². The molecule has 1 fully saturated rings. The molecule has 0 unspecified atom stereocenters. The number of hydrogen-bond donors (Lipinski definition) is 2. The second-order valence-electron chi connectivity index (χ2n) is 7.69. The van der Waals surface area contributed by atoms with E-state index in [1.54, 1.807) is 6.07 Å². The second-order valence-corrected chi connectivity index (χ2v) is 8.54. The number of likely N-dealkylation sites (tertiary alicyclic amines) is 1. The van der Waals surface area contributed by atoms with Crippen LogP contribution in [0.25, 0.3) is 11.0 Å². The zero-order chi connectivity index (χ0) is 21.1. The number of amides is 2. The van der Waals surface area contributed by atoms with Gasteiger partial charge in [-0.2, -0.15) is 0 Å². The maximum atomic E-state index is 12.5. The molecule has 0 bridgehead atoms. The van der Waals surface area contributed by atoms with E-state index in [2.05, 4.69) is 26.1 Å². The Morgan fingerprint density at radius 2 is 1.87 bits per heavy atom. The summed E-state index contributed by atoms with van der Waals surface area (Å²) in [6.07, 6.45) is 2.62. The highest BCUT2D eigenvalue weighted by molar-refractivity contribution is 9.10. The fourth-order valence-corrected chi connectivity index (χ4v) is 4.28. The van der Waals surface area contributed by atoms with E-state index >= 15 is 0 Å². The van der Waals surface area contributed by atoms with E-state index in [-0.39, 0.29) is 23.5 Å². The Morgan fingerprint density at radius 1 is 1.13 bits per heavy atom. The van der Waals surface area contributed by atoms with Gasteiger partial charge in [0.25, 0.3) is 5.91 Å². The molecule has 1 aromatic heterocycles. The minimum absolute atomic E-state index is 0.0250. The molecule has 0 spiro atoms. The first kappa shape index (κ1) is 20.6. The molecule has 0 saturated carbocycles. The number of nitrogens with one attached hydrogen (secondary N) is 1. The van der Waals surface area contributed by atoms with Crippen molar-refractivity contribution in [3.63, 3.8) is 0 Å². The van der Waals surface area contributed by atoms with Crippen LogP contribution in [0.3, 0.4) is 0 Å². The quantitative estimate of drug-likeness (QED) is 0.566. The maximum absolute atomic E-state index is 12.5. The fraction of sp³-hybridized carbons (Fsp3) is 0.304. The highest BCUT2D eigenvalue weighted by Gasteiger charge is 2.22. The first-order valence-corrected chi connectivity index (χ1v) is 10.9. The predicted octanol–water partition coefficient (Wildman–Crippen LogP) is 4.19. The van der Waals surface area contributed by atoms with Crippen LogP contribution in [-0.2, 0) is 11.2 Å². The van der Waals surface area contributed by atoms with Gasteiger partial charge in [0.15, 0.2) is 5.76 Å². The number of benzene rings is 2. The molecule has 3 aromatic rings. The average Bonchev–Trinajstić information content (AvgIpc) is 3.19. The van der Waals surface area contributed by atoms with Crippen molar-refractivity contribution in [2.75, 3.05) is 25.0 Å². The minimum atomic E-state index is -0.275. The van der Waals surface area contributed by atoms with Crippen molar-refractivity contribution in [3.8, 4) is 0 Å². The zero-order valence-corrected chi connectivity index (χ0v) is 18.2. The van der Waals surface area contributed by atoms with Gasteiger partial charge < -0.3 is 20.4 Å². The predicted molar refractivity (Wildman–Crippen MR) is 120 cm³/mol. The smallest absolute Gasteiger partial charge is 0.291 e. The Balaban J connectivity index is 1.30.